The fourth-order valence-corrected chi connectivity index (χ4v) is 4.37. The Morgan fingerprint density at radius 1 is 1.25 bits per heavy atom. The third-order valence-electron chi connectivity index (χ3n) is 6.26. The van der Waals surface area contributed by atoms with Crippen LogP contribution in [-0.4, -0.2) is 42.9 Å². The van der Waals surface area contributed by atoms with Gasteiger partial charge in [-0.15, -0.1) is 0 Å². The number of hydrazone groups is 1. The molecule has 0 bridgehead atoms. The summed E-state index contributed by atoms with van der Waals surface area (Å²) in [5.74, 6) is -0.00300. The van der Waals surface area contributed by atoms with Gasteiger partial charge in [0.2, 0.25) is 0 Å². The van der Waals surface area contributed by atoms with Crippen molar-refractivity contribution < 1.29 is 14.0 Å². The largest absolute Gasteiger partial charge is 0.454 e. The molecular formula is C26H31N7O3. The van der Waals surface area contributed by atoms with E-state index >= 15 is 0 Å². The van der Waals surface area contributed by atoms with Gasteiger partial charge in [-0.2, -0.15) is 10.4 Å². The van der Waals surface area contributed by atoms with Crippen LogP contribution in [0, 0.1) is 30.6 Å². The number of hydrogen-bond donors (Lipinski definition) is 5. The molecule has 1 aromatic carbocycles. The van der Waals surface area contributed by atoms with Crippen molar-refractivity contribution in [2.45, 2.75) is 51.6 Å². The van der Waals surface area contributed by atoms with Crippen molar-refractivity contribution in [3.8, 4) is 6.07 Å². The summed E-state index contributed by atoms with van der Waals surface area (Å²) >= 11 is 0. The zero-order chi connectivity index (χ0) is 26.4. The highest BCUT2D eigenvalue weighted by atomic mass is 16.3. The second-order valence-corrected chi connectivity index (χ2v) is 8.81. The van der Waals surface area contributed by atoms with E-state index < -0.39 is 5.91 Å². The first kappa shape index (κ1) is 26.2. The van der Waals surface area contributed by atoms with Gasteiger partial charge in [0.1, 0.15) is 22.9 Å². The zero-order valence-electron chi connectivity index (χ0n) is 20.7. The number of rotatable bonds is 9. The van der Waals surface area contributed by atoms with E-state index in [1.165, 1.54) is 0 Å². The average molecular weight is 490 g/mol. The number of carbonyl (C=O) groups is 2. The maximum absolute atomic E-state index is 12.0. The number of furan rings is 1. The van der Waals surface area contributed by atoms with E-state index in [2.05, 4.69) is 27.7 Å². The molecule has 1 saturated carbocycles. The molecule has 1 aliphatic carbocycles. The summed E-state index contributed by atoms with van der Waals surface area (Å²) in [4.78, 5) is 23.7. The first-order valence-electron chi connectivity index (χ1n) is 11.6. The maximum Gasteiger partial charge on any atom is 0.261 e. The summed E-state index contributed by atoms with van der Waals surface area (Å²) in [6, 6.07) is 7.51. The first-order chi connectivity index (χ1) is 17.2. The summed E-state index contributed by atoms with van der Waals surface area (Å²) in [6.45, 7) is 7.37. The normalized spacial score (nSPS) is 18.6. The quantitative estimate of drug-likeness (QED) is 0.0900. The molecule has 10 heteroatoms. The van der Waals surface area contributed by atoms with Crippen molar-refractivity contribution in [2.24, 2.45) is 10.8 Å². The lowest BCUT2D eigenvalue weighted by Gasteiger charge is -2.31. The Bertz CT molecular complexity index is 1300. The molecule has 1 aliphatic rings. The van der Waals surface area contributed by atoms with E-state index in [4.69, 9.17) is 20.8 Å². The Hall–Kier alpha value is -4.39. The number of amidine groups is 1. The molecule has 0 unspecified atom stereocenters. The number of aldehydes is 1. The molecule has 0 radical (unpaired) electrons. The molecule has 6 N–H and O–H groups in total. The van der Waals surface area contributed by atoms with Gasteiger partial charge >= 0.3 is 0 Å². The van der Waals surface area contributed by atoms with Gasteiger partial charge in [0.15, 0.2) is 17.9 Å². The number of fused-ring (bicyclic) bond motifs is 1. The minimum atomic E-state index is -0.458. The van der Waals surface area contributed by atoms with Crippen molar-refractivity contribution in [3.05, 3.63) is 52.8 Å². The van der Waals surface area contributed by atoms with Crippen LogP contribution in [-0.2, 0) is 9.59 Å². The minimum absolute atomic E-state index is 0.0240. The van der Waals surface area contributed by atoms with Crippen LogP contribution < -0.4 is 21.8 Å². The molecule has 2 aromatic rings. The molecule has 1 heterocycles. The highest BCUT2D eigenvalue weighted by Crippen LogP contribution is 2.33. The number of carbonyl (C=O) groups excluding carboxylic acids is 2. The third kappa shape index (κ3) is 5.63. The van der Waals surface area contributed by atoms with Crippen LogP contribution in [0.4, 0.5) is 0 Å². The summed E-state index contributed by atoms with van der Waals surface area (Å²) < 4.78 is 6.21. The fourth-order valence-electron chi connectivity index (χ4n) is 4.37. The Balaban J connectivity index is 1.99. The number of nitrogens with one attached hydrogen (secondary N) is 4. The Kier molecular flexibility index (Phi) is 8.27. The van der Waals surface area contributed by atoms with Crippen molar-refractivity contribution in [2.75, 3.05) is 7.05 Å². The van der Waals surface area contributed by atoms with Gasteiger partial charge in [-0.05, 0) is 51.7 Å². The summed E-state index contributed by atoms with van der Waals surface area (Å²) in [5, 5.41) is 28.5. The molecule has 3 rings (SSSR count). The Morgan fingerprint density at radius 3 is 2.47 bits per heavy atom. The lowest BCUT2D eigenvalue weighted by atomic mass is 9.90. The molecule has 1 amide bonds. The van der Waals surface area contributed by atoms with Crippen LogP contribution in [0.15, 0.2) is 45.4 Å². The molecule has 188 valence electrons. The van der Waals surface area contributed by atoms with Gasteiger partial charge in [-0.3, -0.25) is 15.0 Å². The molecule has 1 aromatic heterocycles. The van der Waals surface area contributed by atoms with E-state index in [0.717, 1.165) is 16.5 Å². The smallest absolute Gasteiger partial charge is 0.261 e. The van der Waals surface area contributed by atoms with Crippen molar-refractivity contribution in [1.82, 2.24) is 16.1 Å². The molecule has 0 aliphatic heterocycles. The highest BCUT2D eigenvalue weighted by molar-refractivity contribution is 6.45. The SMILES string of the molecule is C=C(C#N)C(=O)NC1CCC(N/C(=C(C(=N)C=O)/C(N)=N\NC)c2oc3ccc(C)cc3c2C)CC1. The van der Waals surface area contributed by atoms with E-state index in [-0.39, 0.29) is 34.8 Å². The molecule has 0 spiro atoms. The number of benzene rings is 1. The first-order valence-corrected chi connectivity index (χ1v) is 11.6. The lowest BCUT2D eigenvalue weighted by Crippen LogP contribution is -2.42. The monoisotopic (exact) mass is 489 g/mol. The van der Waals surface area contributed by atoms with Crippen LogP contribution in [0.3, 0.4) is 0 Å². The van der Waals surface area contributed by atoms with E-state index in [0.29, 0.717) is 49.0 Å². The van der Waals surface area contributed by atoms with Crippen LogP contribution in [0.2, 0.25) is 0 Å². The Morgan fingerprint density at radius 2 is 1.89 bits per heavy atom. The zero-order valence-corrected chi connectivity index (χ0v) is 20.7. The second-order valence-electron chi connectivity index (χ2n) is 8.81. The summed E-state index contributed by atoms with van der Waals surface area (Å²) in [7, 11) is 1.58. The van der Waals surface area contributed by atoms with Gasteiger partial charge < -0.3 is 26.2 Å². The number of nitrogens with zero attached hydrogens (tertiary/aromatic N) is 2. The van der Waals surface area contributed by atoms with Crippen molar-refractivity contribution >= 4 is 40.4 Å². The number of nitrogens with two attached hydrogens (primary N) is 1. The molecule has 0 atom stereocenters. The predicted molar refractivity (Wildman–Crippen MR) is 139 cm³/mol. The van der Waals surface area contributed by atoms with Gasteiger partial charge in [0.25, 0.3) is 5.91 Å². The van der Waals surface area contributed by atoms with Gasteiger partial charge in [0, 0.05) is 30.1 Å². The minimum Gasteiger partial charge on any atom is -0.454 e. The van der Waals surface area contributed by atoms with Gasteiger partial charge in [-0.1, -0.05) is 18.2 Å². The van der Waals surface area contributed by atoms with Crippen LogP contribution in [0.25, 0.3) is 16.7 Å². The van der Waals surface area contributed by atoms with Crippen molar-refractivity contribution in [1.29, 1.82) is 10.7 Å². The molecule has 36 heavy (non-hydrogen) atoms. The third-order valence-corrected chi connectivity index (χ3v) is 6.26. The average Bonchev–Trinajstić information content (AvgIpc) is 3.19. The van der Waals surface area contributed by atoms with Crippen LogP contribution in [0.5, 0.6) is 0 Å². The van der Waals surface area contributed by atoms with Crippen LogP contribution >= 0.6 is 0 Å². The number of hydrogen-bond acceptors (Lipinski definition) is 8. The summed E-state index contributed by atoms with van der Waals surface area (Å²) in [6.07, 6.45) is 3.15. The molecule has 1 fully saturated rings. The van der Waals surface area contributed by atoms with E-state index in [1.807, 2.05) is 32.0 Å². The highest BCUT2D eigenvalue weighted by Gasteiger charge is 2.28. The van der Waals surface area contributed by atoms with Gasteiger partial charge in [0.05, 0.1) is 11.3 Å². The molecule has 0 saturated heterocycles. The predicted octanol–water partition coefficient (Wildman–Crippen LogP) is 2.57. The maximum atomic E-state index is 12.0. The van der Waals surface area contributed by atoms with Gasteiger partial charge in [-0.25, -0.2) is 0 Å². The van der Waals surface area contributed by atoms with Crippen LogP contribution in [0.1, 0.15) is 42.6 Å². The standard InChI is InChI=1S/C26H31N7O3/c1-14-5-10-21-19(11-14)16(3)24(36-21)23(22(20(28)13-34)25(29)33-30-4)31-17-6-8-18(9-7-17)32-26(35)15(2)12-27/h5,10-11,13,17-18,28,30-31H,2,6-9H2,1,3-4H3,(H2,29,33)(H,32,35)/b23-22+,28-20?. The second kappa shape index (κ2) is 11.4. The molecular weight excluding hydrogens is 458 g/mol. The van der Waals surface area contributed by atoms with E-state index in [1.54, 1.807) is 13.1 Å². The number of amides is 1. The lowest BCUT2D eigenvalue weighted by molar-refractivity contribution is -0.118. The number of nitriles is 1. The topological polar surface area (TPSA) is 169 Å². The summed E-state index contributed by atoms with van der Waals surface area (Å²) in [5.41, 5.74) is 11.5. The Labute approximate surface area is 209 Å². The van der Waals surface area contributed by atoms with E-state index in [9.17, 15) is 9.59 Å². The number of aryl methyl sites for hydroxylation is 2. The fraction of sp³-hybridized carbons (Fsp3) is 0.346. The molecule has 10 nitrogen and oxygen atoms in total. The van der Waals surface area contributed by atoms with Crippen molar-refractivity contribution in [3.63, 3.8) is 0 Å².